The fraction of sp³-hybridized carbons (Fsp3) is 0.727. The van der Waals surface area contributed by atoms with Gasteiger partial charge in [-0.1, -0.05) is 20.8 Å². The molecule has 0 heterocycles. The number of hydrogen-bond acceptors (Lipinski definition) is 2. The van der Waals surface area contributed by atoms with Crippen LogP contribution in [0, 0.1) is 0 Å². The molecule has 0 bridgehead atoms. The summed E-state index contributed by atoms with van der Waals surface area (Å²) in [4.78, 5) is 10.2. The first-order valence-corrected chi connectivity index (χ1v) is 8.21. The molecule has 0 aliphatic carbocycles. The zero-order valence-electron chi connectivity index (χ0n) is 10.6. The number of hydrogen-bond donors (Lipinski definition) is 1. The van der Waals surface area contributed by atoms with Crippen LogP contribution in [0.5, 0.6) is 0 Å². The summed E-state index contributed by atoms with van der Waals surface area (Å²) in [6.45, 7) is 10.9. The highest BCUT2D eigenvalue weighted by Crippen LogP contribution is 2.36. The molecule has 0 unspecified atom stereocenters. The van der Waals surface area contributed by atoms with Gasteiger partial charge in [0.1, 0.15) is 0 Å². The van der Waals surface area contributed by atoms with Crippen LogP contribution in [0.25, 0.3) is 0 Å². The summed E-state index contributed by atoms with van der Waals surface area (Å²) in [7, 11) is -1.80. The van der Waals surface area contributed by atoms with E-state index in [9.17, 15) is 9.18 Å². The van der Waals surface area contributed by atoms with E-state index in [1.54, 1.807) is 0 Å². The molecule has 3 nitrogen and oxygen atoms in total. The SMILES string of the molecule is CC(C)(C)[Si](C)(C)OCCC=C(F)C(=O)O. The van der Waals surface area contributed by atoms with Crippen LogP contribution in [0.1, 0.15) is 27.2 Å². The van der Waals surface area contributed by atoms with E-state index in [0.717, 1.165) is 6.08 Å². The van der Waals surface area contributed by atoms with Crippen molar-refractivity contribution in [1.82, 2.24) is 0 Å². The van der Waals surface area contributed by atoms with Crippen molar-refractivity contribution in [2.24, 2.45) is 0 Å². The summed E-state index contributed by atoms with van der Waals surface area (Å²) in [5, 5.41) is 8.41. The van der Waals surface area contributed by atoms with Crippen molar-refractivity contribution in [3.63, 3.8) is 0 Å². The minimum absolute atomic E-state index is 0.113. The average Bonchev–Trinajstić information content (AvgIpc) is 2.09. The second-order valence-corrected chi connectivity index (χ2v) is 10.1. The molecule has 0 amide bonds. The van der Waals surface area contributed by atoms with Gasteiger partial charge in [-0.25, -0.2) is 4.79 Å². The number of rotatable bonds is 5. The quantitative estimate of drug-likeness (QED) is 0.461. The monoisotopic (exact) mass is 248 g/mol. The molecule has 94 valence electrons. The molecule has 0 radical (unpaired) electrons. The Hall–Kier alpha value is -0.683. The van der Waals surface area contributed by atoms with Crippen LogP contribution in [0.3, 0.4) is 0 Å². The van der Waals surface area contributed by atoms with Crippen molar-refractivity contribution in [3.8, 4) is 0 Å². The van der Waals surface area contributed by atoms with Crippen molar-refractivity contribution in [1.29, 1.82) is 0 Å². The minimum atomic E-state index is -1.80. The number of halogens is 1. The lowest BCUT2D eigenvalue weighted by Gasteiger charge is -2.36. The topological polar surface area (TPSA) is 46.5 Å². The van der Waals surface area contributed by atoms with Gasteiger partial charge in [0.25, 0.3) is 0 Å². The highest BCUT2D eigenvalue weighted by Gasteiger charge is 2.36. The van der Waals surface area contributed by atoms with Crippen molar-refractivity contribution < 1.29 is 18.7 Å². The molecule has 0 spiro atoms. The molecule has 0 aromatic rings. The predicted octanol–water partition coefficient (Wildman–Crippen LogP) is 3.34. The zero-order valence-corrected chi connectivity index (χ0v) is 11.6. The number of carboxylic acids is 1. The number of carboxylic acid groups (broad SMARTS) is 1. The van der Waals surface area contributed by atoms with Crippen LogP contribution in [0.4, 0.5) is 4.39 Å². The summed E-state index contributed by atoms with van der Waals surface area (Å²) in [5.74, 6) is -2.63. The Morgan fingerprint density at radius 1 is 1.44 bits per heavy atom. The molecule has 0 fully saturated rings. The van der Waals surface area contributed by atoms with Gasteiger partial charge in [0, 0.05) is 6.61 Å². The van der Waals surface area contributed by atoms with Crippen LogP contribution in [0.2, 0.25) is 18.1 Å². The highest BCUT2D eigenvalue weighted by atomic mass is 28.4. The zero-order chi connectivity index (χ0) is 13.0. The van der Waals surface area contributed by atoms with Crippen LogP contribution in [0.15, 0.2) is 11.9 Å². The fourth-order valence-electron chi connectivity index (χ4n) is 0.804. The first-order chi connectivity index (χ1) is 7.08. The third-order valence-corrected chi connectivity index (χ3v) is 7.45. The second kappa shape index (κ2) is 5.59. The van der Waals surface area contributed by atoms with Gasteiger partial charge in [-0.3, -0.25) is 0 Å². The van der Waals surface area contributed by atoms with E-state index >= 15 is 0 Å². The standard InChI is InChI=1S/C11H21FO3Si/c1-11(2,3)16(4,5)15-8-6-7-9(12)10(13)14/h7H,6,8H2,1-5H3,(H,13,14). The Morgan fingerprint density at radius 3 is 2.31 bits per heavy atom. The maximum absolute atomic E-state index is 12.6. The molecule has 16 heavy (non-hydrogen) atoms. The highest BCUT2D eigenvalue weighted by molar-refractivity contribution is 6.74. The Morgan fingerprint density at radius 2 is 1.94 bits per heavy atom. The van der Waals surface area contributed by atoms with Crippen molar-refractivity contribution in [2.75, 3.05) is 6.61 Å². The Kier molecular flexibility index (Phi) is 5.35. The normalized spacial score (nSPS) is 14.0. The maximum atomic E-state index is 12.6. The lowest BCUT2D eigenvalue weighted by molar-refractivity contribution is -0.134. The maximum Gasteiger partial charge on any atom is 0.364 e. The summed E-state index contributed by atoms with van der Waals surface area (Å²) >= 11 is 0. The smallest absolute Gasteiger partial charge is 0.364 e. The van der Waals surface area contributed by atoms with Crippen molar-refractivity contribution >= 4 is 14.3 Å². The Labute approximate surface area is 97.4 Å². The van der Waals surface area contributed by atoms with Gasteiger partial charge in [0.15, 0.2) is 8.32 Å². The van der Waals surface area contributed by atoms with E-state index in [1.165, 1.54) is 0 Å². The van der Waals surface area contributed by atoms with E-state index in [4.69, 9.17) is 9.53 Å². The van der Waals surface area contributed by atoms with Gasteiger partial charge in [0.05, 0.1) is 0 Å². The summed E-state index contributed by atoms with van der Waals surface area (Å²) < 4.78 is 18.4. The van der Waals surface area contributed by atoms with Crippen molar-refractivity contribution in [2.45, 2.75) is 45.3 Å². The first kappa shape index (κ1) is 15.3. The second-order valence-electron chi connectivity index (χ2n) is 5.25. The van der Waals surface area contributed by atoms with Gasteiger partial charge in [0.2, 0.25) is 5.83 Å². The summed E-state index contributed by atoms with van der Waals surface area (Å²) in [6.07, 6.45) is 1.35. The van der Waals surface area contributed by atoms with Gasteiger partial charge in [-0.15, -0.1) is 0 Å². The molecule has 0 saturated heterocycles. The van der Waals surface area contributed by atoms with Crippen LogP contribution in [-0.2, 0) is 9.22 Å². The van der Waals surface area contributed by atoms with Crippen LogP contribution in [-0.4, -0.2) is 26.0 Å². The molecule has 5 heteroatoms. The van der Waals surface area contributed by atoms with Gasteiger partial charge >= 0.3 is 5.97 Å². The number of aliphatic carboxylic acids is 1. The first-order valence-electron chi connectivity index (χ1n) is 5.31. The van der Waals surface area contributed by atoms with E-state index in [0.29, 0.717) is 13.0 Å². The minimum Gasteiger partial charge on any atom is -0.476 e. The summed E-state index contributed by atoms with van der Waals surface area (Å²) in [5.41, 5.74) is 0. The molecule has 1 N–H and O–H groups in total. The molecule has 0 rings (SSSR count). The van der Waals surface area contributed by atoms with Crippen LogP contribution < -0.4 is 0 Å². The molecular weight excluding hydrogens is 227 g/mol. The third kappa shape index (κ3) is 4.89. The lowest BCUT2D eigenvalue weighted by Crippen LogP contribution is -2.40. The predicted molar refractivity (Wildman–Crippen MR) is 64.6 cm³/mol. The molecule has 0 aliphatic heterocycles. The van der Waals surface area contributed by atoms with Gasteiger partial charge in [-0.2, -0.15) is 4.39 Å². The average molecular weight is 248 g/mol. The molecule has 0 saturated carbocycles. The summed E-state index contributed by atoms with van der Waals surface area (Å²) in [6, 6.07) is 0. The number of carbonyl (C=O) groups is 1. The van der Waals surface area contributed by atoms with Crippen molar-refractivity contribution in [3.05, 3.63) is 11.9 Å². The fourth-order valence-corrected chi connectivity index (χ4v) is 1.86. The molecule has 0 atom stereocenters. The van der Waals surface area contributed by atoms with E-state index in [-0.39, 0.29) is 5.04 Å². The Balaban J connectivity index is 4.10. The van der Waals surface area contributed by atoms with Gasteiger partial charge in [-0.05, 0) is 30.6 Å². The molecule has 0 aromatic heterocycles. The largest absolute Gasteiger partial charge is 0.476 e. The lowest BCUT2D eigenvalue weighted by atomic mass is 10.2. The van der Waals surface area contributed by atoms with E-state index in [2.05, 4.69) is 33.9 Å². The molecule has 0 aliphatic rings. The Bertz CT molecular complexity index is 279. The third-order valence-electron chi connectivity index (χ3n) is 2.91. The van der Waals surface area contributed by atoms with E-state index in [1.807, 2.05) is 0 Å². The molecular formula is C11H21FO3Si. The molecule has 0 aromatic carbocycles. The van der Waals surface area contributed by atoms with Gasteiger partial charge < -0.3 is 9.53 Å². The van der Waals surface area contributed by atoms with E-state index < -0.39 is 20.1 Å². The van der Waals surface area contributed by atoms with Crippen LogP contribution >= 0.6 is 0 Å².